The van der Waals surface area contributed by atoms with E-state index >= 15 is 0 Å². The number of rotatable bonds is 2. The molecule has 2 aliphatic carbocycles. The van der Waals surface area contributed by atoms with Gasteiger partial charge in [0.05, 0.1) is 0 Å². The van der Waals surface area contributed by atoms with Gasteiger partial charge in [-0.1, -0.05) is 44.2 Å². The van der Waals surface area contributed by atoms with E-state index in [2.05, 4.69) is 38.2 Å². The Labute approximate surface area is 104 Å². The third-order valence-electron chi connectivity index (χ3n) is 3.99. The highest BCUT2D eigenvalue weighted by molar-refractivity contribution is 5.91. The van der Waals surface area contributed by atoms with Gasteiger partial charge in [-0.3, -0.25) is 4.79 Å². The molecule has 2 rings (SSSR count). The molecule has 0 saturated carbocycles. The first-order valence-electron chi connectivity index (χ1n) is 6.56. The van der Waals surface area contributed by atoms with E-state index in [1.807, 2.05) is 6.08 Å². The van der Waals surface area contributed by atoms with E-state index in [4.69, 9.17) is 0 Å². The third kappa shape index (κ3) is 3.18. The number of allylic oxidation sites excluding steroid dienone is 6. The molecule has 0 amide bonds. The van der Waals surface area contributed by atoms with Gasteiger partial charge < -0.3 is 0 Å². The molecule has 0 saturated heterocycles. The first-order valence-corrected chi connectivity index (χ1v) is 6.56. The molecule has 17 heavy (non-hydrogen) atoms. The van der Waals surface area contributed by atoms with Gasteiger partial charge in [-0.05, 0) is 42.6 Å². The molecule has 0 N–H and O–H groups in total. The van der Waals surface area contributed by atoms with E-state index in [9.17, 15) is 4.79 Å². The second-order valence-electron chi connectivity index (χ2n) is 6.11. The summed E-state index contributed by atoms with van der Waals surface area (Å²) >= 11 is 0. The summed E-state index contributed by atoms with van der Waals surface area (Å²) in [6, 6.07) is 0. The highest BCUT2D eigenvalue weighted by Gasteiger charge is 2.28. The molecule has 2 atom stereocenters. The van der Waals surface area contributed by atoms with Gasteiger partial charge in [0.25, 0.3) is 0 Å². The molecule has 0 aromatic carbocycles. The Morgan fingerprint density at radius 1 is 1.06 bits per heavy atom. The molecule has 0 radical (unpaired) electrons. The molecule has 0 bridgehead atoms. The highest BCUT2D eigenvalue weighted by atomic mass is 16.1. The van der Waals surface area contributed by atoms with Gasteiger partial charge in [0.2, 0.25) is 0 Å². The van der Waals surface area contributed by atoms with Crippen LogP contribution in [0.4, 0.5) is 0 Å². The lowest BCUT2D eigenvalue weighted by Crippen LogP contribution is -2.22. The van der Waals surface area contributed by atoms with Crippen LogP contribution in [0.3, 0.4) is 0 Å². The summed E-state index contributed by atoms with van der Waals surface area (Å²) in [5, 5.41) is 0. The van der Waals surface area contributed by atoms with Gasteiger partial charge in [0.15, 0.2) is 5.78 Å². The van der Waals surface area contributed by atoms with Gasteiger partial charge in [-0.25, -0.2) is 0 Å². The lowest BCUT2D eigenvalue weighted by atomic mass is 9.73. The fourth-order valence-electron chi connectivity index (χ4n) is 2.65. The maximum Gasteiger partial charge on any atom is 0.156 e. The number of ketones is 1. The van der Waals surface area contributed by atoms with Gasteiger partial charge in [0, 0.05) is 6.42 Å². The molecule has 92 valence electrons. The minimum atomic E-state index is 0.0377. The molecule has 1 heteroatoms. The molecule has 0 aliphatic heterocycles. The quantitative estimate of drug-likeness (QED) is 0.649. The maximum atomic E-state index is 11.5. The lowest BCUT2D eigenvalue weighted by molar-refractivity contribution is -0.116. The number of carbonyl (C=O) groups excluding carboxylic acids is 1. The van der Waals surface area contributed by atoms with Crippen molar-refractivity contribution in [2.24, 2.45) is 10.8 Å². The van der Waals surface area contributed by atoms with Crippen molar-refractivity contribution >= 4 is 5.78 Å². The van der Waals surface area contributed by atoms with Gasteiger partial charge >= 0.3 is 0 Å². The van der Waals surface area contributed by atoms with E-state index in [1.165, 1.54) is 12.8 Å². The van der Waals surface area contributed by atoms with E-state index in [0.717, 1.165) is 12.8 Å². The molecule has 0 aromatic heterocycles. The van der Waals surface area contributed by atoms with Gasteiger partial charge in [-0.2, -0.15) is 0 Å². The van der Waals surface area contributed by atoms with E-state index in [-0.39, 0.29) is 11.2 Å². The van der Waals surface area contributed by atoms with Crippen LogP contribution in [-0.4, -0.2) is 5.78 Å². The van der Waals surface area contributed by atoms with Crippen LogP contribution in [0, 0.1) is 10.8 Å². The maximum absolute atomic E-state index is 11.5. The van der Waals surface area contributed by atoms with Crippen LogP contribution < -0.4 is 0 Å². The van der Waals surface area contributed by atoms with Crippen LogP contribution in [0.5, 0.6) is 0 Å². The van der Waals surface area contributed by atoms with Crippen LogP contribution in [0.25, 0.3) is 0 Å². The van der Waals surface area contributed by atoms with Crippen molar-refractivity contribution in [3.63, 3.8) is 0 Å². The van der Waals surface area contributed by atoms with Crippen LogP contribution in [0.15, 0.2) is 36.5 Å². The summed E-state index contributed by atoms with van der Waals surface area (Å²) < 4.78 is 0. The SMILES string of the molecule is CC1(C=CC2(C)CC=CC(=O)C2)CC=CCC1. The summed E-state index contributed by atoms with van der Waals surface area (Å²) in [7, 11) is 0. The van der Waals surface area contributed by atoms with Crippen LogP contribution in [0.1, 0.15) is 46.0 Å². The first-order chi connectivity index (χ1) is 8.02. The van der Waals surface area contributed by atoms with Gasteiger partial charge in [0.1, 0.15) is 0 Å². The van der Waals surface area contributed by atoms with Crippen molar-refractivity contribution in [3.8, 4) is 0 Å². The Morgan fingerprint density at radius 2 is 1.76 bits per heavy atom. The Kier molecular flexibility index (Phi) is 3.37. The van der Waals surface area contributed by atoms with E-state index in [1.54, 1.807) is 6.08 Å². The van der Waals surface area contributed by atoms with Crippen molar-refractivity contribution in [1.82, 2.24) is 0 Å². The minimum Gasteiger partial charge on any atom is -0.295 e. The van der Waals surface area contributed by atoms with Crippen LogP contribution in [-0.2, 0) is 4.79 Å². The Hall–Kier alpha value is -1.11. The predicted octanol–water partition coefficient (Wildman–Crippen LogP) is 4.21. The third-order valence-corrected chi connectivity index (χ3v) is 3.99. The lowest BCUT2D eigenvalue weighted by Gasteiger charge is -2.31. The zero-order chi connectivity index (χ0) is 12.4. The fraction of sp³-hybridized carbons (Fsp3) is 0.562. The normalized spacial score (nSPS) is 37.9. The fourth-order valence-corrected chi connectivity index (χ4v) is 2.65. The molecule has 0 heterocycles. The molecular weight excluding hydrogens is 208 g/mol. The molecule has 0 aromatic rings. The number of hydrogen-bond acceptors (Lipinski definition) is 1. The average molecular weight is 230 g/mol. The molecule has 2 aliphatic rings. The van der Waals surface area contributed by atoms with Crippen molar-refractivity contribution in [3.05, 3.63) is 36.5 Å². The Morgan fingerprint density at radius 3 is 2.41 bits per heavy atom. The summed E-state index contributed by atoms with van der Waals surface area (Å²) in [6.07, 6.45) is 18.1. The molecule has 2 unspecified atom stereocenters. The molecular formula is C16H22O. The molecule has 1 nitrogen and oxygen atoms in total. The number of carbonyl (C=O) groups is 1. The standard InChI is InChI=1S/C16H22O/c1-15(8-4-3-5-9-15)11-12-16(2)10-6-7-14(17)13-16/h3-4,6-7,11-12H,5,8-10,13H2,1-2H3. The molecule has 0 fully saturated rings. The topological polar surface area (TPSA) is 17.1 Å². The second-order valence-corrected chi connectivity index (χ2v) is 6.11. The van der Waals surface area contributed by atoms with Crippen molar-refractivity contribution < 1.29 is 4.79 Å². The van der Waals surface area contributed by atoms with Crippen molar-refractivity contribution in [2.45, 2.75) is 46.0 Å². The average Bonchev–Trinajstić information content (AvgIpc) is 2.28. The predicted molar refractivity (Wildman–Crippen MR) is 71.7 cm³/mol. The molecule has 0 spiro atoms. The zero-order valence-corrected chi connectivity index (χ0v) is 10.9. The monoisotopic (exact) mass is 230 g/mol. The van der Waals surface area contributed by atoms with Crippen molar-refractivity contribution in [1.29, 1.82) is 0 Å². The van der Waals surface area contributed by atoms with E-state index in [0.29, 0.717) is 11.8 Å². The highest BCUT2D eigenvalue weighted by Crippen LogP contribution is 2.38. The van der Waals surface area contributed by atoms with E-state index < -0.39 is 0 Å². The van der Waals surface area contributed by atoms with Crippen LogP contribution in [0.2, 0.25) is 0 Å². The number of hydrogen-bond donors (Lipinski definition) is 0. The smallest absolute Gasteiger partial charge is 0.156 e. The summed E-state index contributed by atoms with van der Waals surface area (Å²) in [4.78, 5) is 11.5. The van der Waals surface area contributed by atoms with Crippen molar-refractivity contribution in [2.75, 3.05) is 0 Å². The zero-order valence-electron chi connectivity index (χ0n) is 10.9. The minimum absolute atomic E-state index is 0.0377. The largest absolute Gasteiger partial charge is 0.295 e. The summed E-state index contributed by atoms with van der Waals surface area (Å²) in [5.41, 5.74) is 0.331. The Balaban J connectivity index is 2.07. The summed E-state index contributed by atoms with van der Waals surface area (Å²) in [5.74, 6) is 0.261. The second kappa shape index (κ2) is 4.64. The Bertz CT molecular complexity index is 388. The summed E-state index contributed by atoms with van der Waals surface area (Å²) in [6.45, 7) is 4.50. The first kappa shape index (κ1) is 12.3. The van der Waals surface area contributed by atoms with Crippen LogP contribution >= 0.6 is 0 Å². The van der Waals surface area contributed by atoms with Gasteiger partial charge in [-0.15, -0.1) is 0 Å².